The lowest BCUT2D eigenvalue weighted by Crippen LogP contribution is -2.29. The van der Waals surface area contributed by atoms with Crippen LogP contribution >= 0.6 is 23.4 Å². The molecule has 3 N–H and O–H groups in total. The van der Waals surface area contributed by atoms with Crippen LogP contribution in [0.1, 0.15) is 11.6 Å². The van der Waals surface area contributed by atoms with Crippen molar-refractivity contribution in [3.05, 3.63) is 53.3 Å². The molecule has 106 valence electrons. The zero-order chi connectivity index (χ0) is 14.4. The predicted octanol–water partition coefficient (Wildman–Crippen LogP) is 3.04. The molecule has 2 rings (SSSR count). The highest BCUT2D eigenvalue weighted by Crippen LogP contribution is 2.27. The molecule has 0 aliphatic rings. The molecular weight excluding hydrogens is 294 g/mol. The third kappa shape index (κ3) is 4.11. The van der Waals surface area contributed by atoms with Gasteiger partial charge in [-0.2, -0.15) is 0 Å². The quantitative estimate of drug-likeness (QED) is 0.488. The Labute approximate surface area is 127 Å². The fourth-order valence-electron chi connectivity index (χ4n) is 1.71. The van der Waals surface area contributed by atoms with Gasteiger partial charge in [-0.15, -0.1) is 11.8 Å². The third-order valence-electron chi connectivity index (χ3n) is 2.79. The Balaban J connectivity index is 2.05. The van der Waals surface area contributed by atoms with Gasteiger partial charge in [-0.3, -0.25) is 16.3 Å². The number of nitrogens with two attached hydrogens (primary N) is 1. The van der Waals surface area contributed by atoms with Gasteiger partial charge in [0.1, 0.15) is 5.75 Å². The Bertz CT molecular complexity index is 568. The first-order valence-electron chi connectivity index (χ1n) is 6.06. The van der Waals surface area contributed by atoms with Crippen LogP contribution in [0, 0.1) is 0 Å². The molecule has 6 heteroatoms. The van der Waals surface area contributed by atoms with Gasteiger partial charge in [0.05, 0.1) is 19.3 Å². The molecule has 0 aliphatic carbocycles. The number of ether oxygens (including phenoxy) is 1. The summed E-state index contributed by atoms with van der Waals surface area (Å²) in [5.74, 6) is 7.12. The SMILES string of the molecule is COc1cncc(C(CSc2cccc(Cl)c2)NN)c1. The number of methoxy groups -OCH3 is 1. The average Bonchev–Trinajstić information content (AvgIpc) is 2.48. The number of hydrazine groups is 1. The van der Waals surface area contributed by atoms with Gasteiger partial charge in [0, 0.05) is 21.9 Å². The van der Waals surface area contributed by atoms with Crippen LogP contribution in [0.2, 0.25) is 5.02 Å². The number of rotatable bonds is 6. The van der Waals surface area contributed by atoms with Gasteiger partial charge >= 0.3 is 0 Å². The summed E-state index contributed by atoms with van der Waals surface area (Å²) < 4.78 is 5.17. The first-order chi connectivity index (χ1) is 9.72. The van der Waals surface area contributed by atoms with E-state index in [1.807, 2.05) is 30.3 Å². The number of nitrogens with one attached hydrogen (secondary N) is 1. The molecule has 0 fully saturated rings. The zero-order valence-electron chi connectivity index (χ0n) is 11.0. The molecule has 20 heavy (non-hydrogen) atoms. The molecule has 2 aromatic rings. The smallest absolute Gasteiger partial charge is 0.137 e. The Morgan fingerprint density at radius 2 is 2.25 bits per heavy atom. The van der Waals surface area contributed by atoms with Crippen molar-refractivity contribution in [3.8, 4) is 5.75 Å². The monoisotopic (exact) mass is 309 g/mol. The van der Waals surface area contributed by atoms with Crippen molar-refractivity contribution in [3.63, 3.8) is 0 Å². The van der Waals surface area contributed by atoms with Crippen LogP contribution in [0.15, 0.2) is 47.6 Å². The second-order valence-corrected chi connectivity index (χ2v) is 5.68. The van der Waals surface area contributed by atoms with Crippen molar-refractivity contribution in [2.75, 3.05) is 12.9 Å². The molecule has 0 aliphatic heterocycles. The van der Waals surface area contributed by atoms with Crippen LogP contribution in [-0.2, 0) is 0 Å². The van der Waals surface area contributed by atoms with E-state index < -0.39 is 0 Å². The van der Waals surface area contributed by atoms with Crippen LogP contribution in [0.5, 0.6) is 5.75 Å². The highest BCUT2D eigenvalue weighted by atomic mass is 35.5. The Kier molecular flexibility index (Phi) is 5.67. The number of aromatic nitrogens is 1. The van der Waals surface area contributed by atoms with Gasteiger partial charge in [0.15, 0.2) is 0 Å². The molecule has 0 saturated heterocycles. The average molecular weight is 310 g/mol. The number of thioether (sulfide) groups is 1. The molecule has 0 spiro atoms. The highest BCUT2D eigenvalue weighted by molar-refractivity contribution is 7.99. The van der Waals surface area contributed by atoms with E-state index in [1.165, 1.54) is 0 Å². The first-order valence-corrected chi connectivity index (χ1v) is 7.42. The van der Waals surface area contributed by atoms with Gasteiger partial charge in [-0.05, 0) is 29.8 Å². The van der Waals surface area contributed by atoms with Gasteiger partial charge in [0.2, 0.25) is 0 Å². The molecule has 0 amide bonds. The fraction of sp³-hybridized carbons (Fsp3) is 0.214. The maximum atomic E-state index is 5.97. The molecule has 1 aromatic carbocycles. The van der Waals surface area contributed by atoms with Crippen LogP contribution in [0.3, 0.4) is 0 Å². The normalized spacial score (nSPS) is 12.2. The van der Waals surface area contributed by atoms with Crippen molar-refractivity contribution < 1.29 is 4.74 Å². The second kappa shape index (κ2) is 7.50. The van der Waals surface area contributed by atoms with Crippen LogP contribution in [0.25, 0.3) is 0 Å². The minimum absolute atomic E-state index is 0.0124. The van der Waals surface area contributed by atoms with Crippen molar-refractivity contribution >= 4 is 23.4 Å². The summed E-state index contributed by atoms with van der Waals surface area (Å²) >= 11 is 7.65. The van der Waals surface area contributed by atoms with Crippen molar-refractivity contribution in [2.45, 2.75) is 10.9 Å². The predicted molar refractivity (Wildman–Crippen MR) is 83.0 cm³/mol. The zero-order valence-corrected chi connectivity index (χ0v) is 12.6. The molecule has 0 saturated carbocycles. The molecular formula is C14H16ClN3OS. The van der Waals surface area contributed by atoms with Gasteiger partial charge in [-0.1, -0.05) is 17.7 Å². The van der Waals surface area contributed by atoms with E-state index in [-0.39, 0.29) is 6.04 Å². The second-order valence-electron chi connectivity index (χ2n) is 4.15. The number of nitrogens with zero attached hydrogens (tertiary/aromatic N) is 1. The highest BCUT2D eigenvalue weighted by Gasteiger charge is 2.11. The van der Waals surface area contributed by atoms with Gasteiger partial charge in [0.25, 0.3) is 0 Å². The summed E-state index contributed by atoms with van der Waals surface area (Å²) in [6, 6.07) is 9.66. The van der Waals surface area contributed by atoms with Gasteiger partial charge in [-0.25, -0.2) is 0 Å². The largest absolute Gasteiger partial charge is 0.495 e. The van der Waals surface area contributed by atoms with Gasteiger partial charge < -0.3 is 4.74 Å². The van der Waals surface area contributed by atoms with E-state index in [4.69, 9.17) is 22.2 Å². The summed E-state index contributed by atoms with van der Waals surface area (Å²) in [5.41, 5.74) is 3.79. The standard InChI is InChI=1S/C14H16ClN3OS/c1-19-12-5-10(7-17-8-12)14(18-16)9-20-13-4-2-3-11(15)6-13/h2-8,14,18H,9,16H2,1H3. The third-order valence-corrected chi connectivity index (χ3v) is 4.11. The summed E-state index contributed by atoms with van der Waals surface area (Å²) in [6.07, 6.45) is 3.45. The van der Waals surface area contributed by atoms with E-state index in [1.54, 1.807) is 31.3 Å². The fourth-order valence-corrected chi connectivity index (χ4v) is 3.00. The van der Waals surface area contributed by atoms with Crippen molar-refractivity contribution in [1.82, 2.24) is 10.4 Å². The van der Waals surface area contributed by atoms with E-state index in [9.17, 15) is 0 Å². The molecule has 0 bridgehead atoms. The first kappa shape index (κ1) is 15.1. The van der Waals surface area contributed by atoms with E-state index in [2.05, 4.69) is 10.4 Å². The number of hydrogen-bond donors (Lipinski definition) is 2. The minimum atomic E-state index is -0.0124. The number of hydrogen-bond acceptors (Lipinski definition) is 5. The van der Waals surface area contributed by atoms with E-state index >= 15 is 0 Å². The summed E-state index contributed by atoms with van der Waals surface area (Å²) in [4.78, 5) is 5.25. The van der Waals surface area contributed by atoms with Crippen molar-refractivity contribution in [1.29, 1.82) is 0 Å². The molecule has 4 nitrogen and oxygen atoms in total. The Hall–Kier alpha value is -1.27. The van der Waals surface area contributed by atoms with Crippen LogP contribution in [-0.4, -0.2) is 17.8 Å². The lowest BCUT2D eigenvalue weighted by molar-refractivity contribution is 0.411. The summed E-state index contributed by atoms with van der Waals surface area (Å²) in [5, 5.41) is 0.732. The molecule has 1 unspecified atom stereocenters. The van der Waals surface area contributed by atoms with E-state index in [0.717, 1.165) is 27.0 Å². The molecule has 0 radical (unpaired) electrons. The summed E-state index contributed by atoms with van der Waals surface area (Å²) in [7, 11) is 1.62. The van der Waals surface area contributed by atoms with E-state index in [0.29, 0.717) is 0 Å². The Morgan fingerprint density at radius 3 is 2.95 bits per heavy atom. The summed E-state index contributed by atoms with van der Waals surface area (Å²) in [6.45, 7) is 0. The Morgan fingerprint density at radius 1 is 1.40 bits per heavy atom. The minimum Gasteiger partial charge on any atom is -0.495 e. The van der Waals surface area contributed by atoms with Crippen molar-refractivity contribution in [2.24, 2.45) is 5.84 Å². The van der Waals surface area contributed by atoms with Crippen LogP contribution in [0.4, 0.5) is 0 Å². The molecule has 1 aromatic heterocycles. The number of halogens is 1. The maximum absolute atomic E-state index is 5.97. The lowest BCUT2D eigenvalue weighted by Gasteiger charge is -2.16. The number of benzene rings is 1. The van der Waals surface area contributed by atoms with Crippen LogP contribution < -0.4 is 16.0 Å². The molecule has 1 heterocycles. The lowest BCUT2D eigenvalue weighted by atomic mass is 10.1. The maximum Gasteiger partial charge on any atom is 0.137 e. The number of pyridine rings is 1. The topological polar surface area (TPSA) is 60.2 Å². The molecule has 1 atom stereocenters.